The Morgan fingerprint density at radius 2 is 2.00 bits per heavy atom. The fourth-order valence-electron chi connectivity index (χ4n) is 2.48. The first-order valence-corrected chi connectivity index (χ1v) is 10.3. The second-order valence-corrected chi connectivity index (χ2v) is 7.34. The number of carbonyl (C=O) groups excluding carboxylic acids is 2. The van der Waals surface area contributed by atoms with Crippen LogP contribution in [0.25, 0.3) is 0 Å². The van der Waals surface area contributed by atoms with Gasteiger partial charge in [0.05, 0.1) is 17.9 Å². The predicted molar refractivity (Wildman–Crippen MR) is 111 cm³/mol. The number of hydrogen-bond acceptors (Lipinski definition) is 6. The number of benzene rings is 1. The van der Waals surface area contributed by atoms with Crippen molar-refractivity contribution in [3.63, 3.8) is 0 Å². The van der Waals surface area contributed by atoms with Crippen LogP contribution >= 0.6 is 11.8 Å². The average Bonchev–Trinajstić information content (AvgIpc) is 3.36. The number of aryl methyl sites for hydroxylation is 1. The molecule has 8 heteroatoms. The number of carbonyl (C=O) groups is 2. The van der Waals surface area contributed by atoms with Gasteiger partial charge in [0.15, 0.2) is 10.9 Å². The van der Waals surface area contributed by atoms with Crippen LogP contribution in [0.15, 0.2) is 58.4 Å². The Labute approximate surface area is 173 Å². The predicted octanol–water partition coefficient (Wildman–Crippen LogP) is 4.51. The summed E-state index contributed by atoms with van der Waals surface area (Å²) < 4.78 is 12.7. The fourth-order valence-corrected chi connectivity index (χ4v) is 3.31. The Hall–Kier alpha value is -3.00. The average molecular weight is 413 g/mol. The highest BCUT2D eigenvalue weighted by Crippen LogP contribution is 2.22. The van der Waals surface area contributed by atoms with Gasteiger partial charge in [-0.2, -0.15) is 0 Å². The quantitative estimate of drug-likeness (QED) is 0.315. The maximum Gasteiger partial charge on any atom is 0.338 e. The van der Waals surface area contributed by atoms with Crippen molar-refractivity contribution in [1.29, 1.82) is 0 Å². The molecule has 0 unspecified atom stereocenters. The highest BCUT2D eigenvalue weighted by molar-refractivity contribution is 7.98. The summed E-state index contributed by atoms with van der Waals surface area (Å²) >= 11 is 1.53. The topological polar surface area (TPSA) is 86.4 Å². The fraction of sp³-hybridized carbons (Fsp3) is 0.286. The molecule has 0 saturated heterocycles. The summed E-state index contributed by atoms with van der Waals surface area (Å²) in [6.45, 7) is 2.44. The normalized spacial score (nSPS) is 10.7. The van der Waals surface area contributed by atoms with Gasteiger partial charge >= 0.3 is 5.97 Å². The number of ether oxygens (including phenoxy) is 1. The lowest BCUT2D eigenvalue weighted by atomic mass is 10.2. The molecule has 1 N–H and O–H groups in total. The number of anilines is 1. The summed E-state index contributed by atoms with van der Waals surface area (Å²) in [6, 6.07) is 10.00. The summed E-state index contributed by atoms with van der Waals surface area (Å²) in [6.07, 6.45) is 5.42. The molecule has 0 atom stereocenters. The molecule has 3 aromatic rings. The van der Waals surface area contributed by atoms with Crippen molar-refractivity contribution in [2.75, 3.05) is 11.9 Å². The standard InChI is InChI=1S/C21H23N3O4S/c1-3-4-13-27-20(26)15-5-7-16(8-6-15)23-19(25)18-10-9-17(28-18)14-29-21-22-11-12-24(21)2/h5-12H,3-4,13-14H2,1-2H3,(H,23,25). The molecule has 0 fully saturated rings. The van der Waals surface area contributed by atoms with Gasteiger partial charge in [0.2, 0.25) is 0 Å². The number of imidazole rings is 1. The van der Waals surface area contributed by atoms with Gasteiger partial charge < -0.3 is 19.0 Å². The molecule has 0 radical (unpaired) electrons. The third kappa shape index (κ3) is 5.74. The summed E-state index contributed by atoms with van der Waals surface area (Å²) in [7, 11) is 1.92. The Kier molecular flexibility index (Phi) is 7.13. The van der Waals surface area contributed by atoms with E-state index >= 15 is 0 Å². The van der Waals surface area contributed by atoms with Crippen molar-refractivity contribution >= 4 is 29.3 Å². The van der Waals surface area contributed by atoms with Gasteiger partial charge in [0, 0.05) is 25.1 Å². The molecular weight excluding hydrogens is 390 g/mol. The molecule has 2 aromatic heterocycles. The molecule has 152 valence electrons. The van der Waals surface area contributed by atoms with Crippen LogP contribution in [0.4, 0.5) is 5.69 Å². The number of aromatic nitrogens is 2. The van der Waals surface area contributed by atoms with E-state index in [1.807, 2.05) is 24.7 Å². The van der Waals surface area contributed by atoms with E-state index in [4.69, 9.17) is 9.15 Å². The Bertz CT molecular complexity index is 962. The largest absolute Gasteiger partial charge is 0.462 e. The third-order valence-corrected chi connectivity index (χ3v) is 5.20. The molecule has 0 saturated carbocycles. The van der Waals surface area contributed by atoms with Crippen LogP contribution in [0, 0.1) is 0 Å². The van der Waals surface area contributed by atoms with Crippen molar-refractivity contribution < 1.29 is 18.7 Å². The van der Waals surface area contributed by atoms with Gasteiger partial charge in [-0.25, -0.2) is 9.78 Å². The number of furan rings is 1. The highest BCUT2D eigenvalue weighted by atomic mass is 32.2. The number of unbranched alkanes of at least 4 members (excludes halogenated alkanes) is 1. The van der Waals surface area contributed by atoms with Crippen molar-refractivity contribution in [2.45, 2.75) is 30.7 Å². The first-order chi connectivity index (χ1) is 14.1. The highest BCUT2D eigenvalue weighted by Gasteiger charge is 2.13. The maximum absolute atomic E-state index is 12.4. The van der Waals surface area contributed by atoms with Crippen LogP contribution in [0.5, 0.6) is 0 Å². The Balaban J connectivity index is 1.53. The van der Waals surface area contributed by atoms with Crippen molar-refractivity contribution in [2.24, 2.45) is 7.05 Å². The van der Waals surface area contributed by atoms with Gasteiger partial charge in [-0.1, -0.05) is 25.1 Å². The smallest absolute Gasteiger partial charge is 0.338 e. The van der Waals surface area contributed by atoms with Crippen LogP contribution in [-0.2, 0) is 17.5 Å². The van der Waals surface area contributed by atoms with Crippen LogP contribution in [0.3, 0.4) is 0 Å². The molecule has 0 aliphatic carbocycles. The molecule has 0 spiro atoms. The third-order valence-electron chi connectivity index (χ3n) is 4.12. The van der Waals surface area contributed by atoms with Crippen molar-refractivity contribution in [3.05, 3.63) is 65.9 Å². The number of amides is 1. The molecule has 0 bridgehead atoms. The van der Waals surface area contributed by atoms with Gasteiger partial charge in [0.1, 0.15) is 5.76 Å². The van der Waals surface area contributed by atoms with E-state index in [9.17, 15) is 9.59 Å². The molecule has 2 heterocycles. The van der Waals surface area contributed by atoms with E-state index in [1.165, 1.54) is 11.8 Å². The van der Waals surface area contributed by atoms with Gasteiger partial charge in [-0.05, 0) is 42.8 Å². The van der Waals surface area contributed by atoms with Gasteiger partial charge in [0.25, 0.3) is 5.91 Å². The molecule has 1 amide bonds. The van der Waals surface area contributed by atoms with E-state index < -0.39 is 0 Å². The second-order valence-electron chi connectivity index (χ2n) is 6.40. The van der Waals surface area contributed by atoms with Crippen molar-refractivity contribution in [1.82, 2.24) is 9.55 Å². The molecule has 29 heavy (non-hydrogen) atoms. The van der Waals surface area contributed by atoms with Crippen LogP contribution in [0.1, 0.15) is 46.4 Å². The number of nitrogens with zero attached hydrogens (tertiary/aromatic N) is 2. The molecule has 1 aromatic carbocycles. The van der Waals surface area contributed by atoms with Gasteiger partial charge in [-0.3, -0.25) is 4.79 Å². The zero-order chi connectivity index (χ0) is 20.6. The molecule has 0 aliphatic rings. The maximum atomic E-state index is 12.4. The number of thioether (sulfide) groups is 1. The summed E-state index contributed by atoms with van der Waals surface area (Å²) in [5.41, 5.74) is 1.02. The Morgan fingerprint density at radius 1 is 1.21 bits per heavy atom. The van der Waals surface area contributed by atoms with Crippen LogP contribution in [-0.4, -0.2) is 28.0 Å². The minimum absolute atomic E-state index is 0.225. The second kappa shape index (κ2) is 9.97. The number of esters is 1. The van der Waals surface area contributed by atoms with E-state index in [0.717, 1.165) is 18.0 Å². The molecular formula is C21H23N3O4S. The lowest BCUT2D eigenvalue weighted by Gasteiger charge is -2.06. The van der Waals surface area contributed by atoms with Crippen molar-refractivity contribution in [3.8, 4) is 0 Å². The van der Waals surface area contributed by atoms with E-state index in [0.29, 0.717) is 29.4 Å². The lowest BCUT2D eigenvalue weighted by Crippen LogP contribution is -2.11. The Morgan fingerprint density at radius 3 is 2.69 bits per heavy atom. The summed E-state index contributed by atoms with van der Waals surface area (Å²) in [5, 5.41) is 3.64. The zero-order valence-electron chi connectivity index (χ0n) is 16.4. The van der Waals surface area contributed by atoms with Gasteiger partial charge in [-0.15, -0.1) is 0 Å². The number of hydrogen-bond donors (Lipinski definition) is 1. The van der Waals surface area contributed by atoms with E-state index in [2.05, 4.69) is 10.3 Å². The summed E-state index contributed by atoms with van der Waals surface area (Å²) in [4.78, 5) is 28.5. The number of nitrogens with one attached hydrogen (secondary N) is 1. The molecule has 7 nitrogen and oxygen atoms in total. The minimum Gasteiger partial charge on any atom is -0.462 e. The first-order valence-electron chi connectivity index (χ1n) is 9.34. The van der Waals surface area contributed by atoms with Crippen LogP contribution in [0.2, 0.25) is 0 Å². The lowest BCUT2D eigenvalue weighted by molar-refractivity contribution is 0.0499. The first kappa shape index (κ1) is 20.7. The number of rotatable bonds is 9. The minimum atomic E-state index is -0.364. The SMILES string of the molecule is CCCCOC(=O)c1ccc(NC(=O)c2ccc(CSc3nccn3C)o2)cc1. The van der Waals surface area contributed by atoms with E-state index in [1.54, 1.807) is 42.6 Å². The monoisotopic (exact) mass is 413 g/mol. The molecule has 0 aliphatic heterocycles. The van der Waals surface area contributed by atoms with E-state index in [-0.39, 0.29) is 17.6 Å². The van der Waals surface area contributed by atoms with Crippen LogP contribution < -0.4 is 5.32 Å². The summed E-state index contributed by atoms with van der Waals surface area (Å²) in [5.74, 6) is 0.776. The molecule has 3 rings (SSSR count). The zero-order valence-corrected chi connectivity index (χ0v) is 17.2.